The Hall–Kier alpha value is -0.370. The minimum Gasteiger partial charge on any atom is -0.206 e. The van der Waals surface area contributed by atoms with Crippen molar-refractivity contribution >= 4 is 6.72 Å². The SMILES string of the molecule is C=N[N+](C)(C)C. The molecule has 0 saturated carbocycles. The first kappa shape index (κ1) is 5.63. The van der Waals surface area contributed by atoms with Crippen LogP contribution in [0, 0.1) is 0 Å². The first-order chi connectivity index (χ1) is 2.56. The Morgan fingerprint density at radius 1 is 1.33 bits per heavy atom. The molecular weight excluding hydrogens is 76.1 g/mol. The van der Waals surface area contributed by atoms with Crippen molar-refractivity contribution in [2.75, 3.05) is 21.1 Å². The molecule has 0 aliphatic rings. The molecule has 0 amide bonds. The van der Waals surface area contributed by atoms with Gasteiger partial charge in [-0.3, -0.25) is 0 Å². The molecule has 0 aromatic carbocycles. The fourth-order valence-corrected chi connectivity index (χ4v) is 0. The molecule has 0 rings (SSSR count). The molecule has 0 bridgehead atoms. The van der Waals surface area contributed by atoms with Crippen molar-refractivity contribution in [2.24, 2.45) is 5.10 Å². The van der Waals surface area contributed by atoms with E-state index in [-0.39, 0.29) is 0 Å². The van der Waals surface area contributed by atoms with Gasteiger partial charge < -0.3 is 0 Å². The molecule has 0 saturated heterocycles. The highest BCUT2D eigenvalue weighted by molar-refractivity contribution is 5.21. The number of rotatable bonds is 1. The summed E-state index contributed by atoms with van der Waals surface area (Å²) in [7, 11) is 5.85. The number of hydrogen-bond acceptors (Lipinski definition) is 1. The molecule has 0 unspecified atom stereocenters. The van der Waals surface area contributed by atoms with Crippen molar-refractivity contribution in [3.05, 3.63) is 0 Å². The third kappa shape index (κ3) is 3.63. The summed E-state index contributed by atoms with van der Waals surface area (Å²) in [6.45, 7) is 3.35. The van der Waals surface area contributed by atoms with Gasteiger partial charge in [-0.1, -0.05) is 5.10 Å². The van der Waals surface area contributed by atoms with Crippen molar-refractivity contribution in [1.82, 2.24) is 0 Å². The molecule has 0 N–H and O–H groups in total. The number of quaternary nitrogens is 1. The average molecular weight is 87.1 g/mol. The van der Waals surface area contributed by atoms with Gasteiger partial charge in [0.15, 0.2) is 0 Å². The van der Waals surface area contributed by atoms with E-state index in [1.165, 1.54) is 0 Å². The second-order valence-electron chi connectivity index (χ2n) is 2.08. The van der Waals surface area contributed by atoms with Crippen LogP contribution in [-0.4, -0.2) is 32.5 Å². The lowest BCUT2D eigenvalue weighted by Gasteiger charge is -2.12. The molecular formula is C4H11N2+. The zero-order valence-electron chi connectivity index (χ0n) is 4.60. The highest BCUT2D eigenvalue weighted by atomic mass is 15.6. The van der Waals surface area contributed by atoms with Crippen LogP contribution in [0.5, 0.6) is 0 Å². The Labute approximate surface area is 38.7 Å². The van der Waals surface area contributed by atoms with Crippen LogP contribution in [-0.2, 0) is 0 Å². The summed E-state index contributed by atoms with van der Waals surface area (Å²) in [6.07, 6.45) is 0. The minimum absolute atomic E-state index is 0.583. The highest BCUT2D eigenvalue weighted by Gasteiger charge is 1.96. The van der Waals surface area contributed by atoms with Gasteiger partial charge in [-0.05, 0) is 0 Å². The first-order valence-corrected chi connectivity index (χ1v) is 1.86. The number of nitrogens with zero attached hydrogens (tertiary/aromatic N) is 2. The van der Waals surface area contributed by atoms with E-state index in [1.54, 1.807) is 0 Å². The zero-order valence-corrected chi connectivity index (χ0v) is 4.60. The summed E-state index contributed by atoms with van der Waals surface area (Å²) in [6, 6.07) is 0. The average Bonchev–Trinajstić information content (AvgIpc) is 1.35. The molecule has 0 fully saturated rings. The Bertz CT molecular complexity index is 51.1. The van der Waals surface area contributed by atoms with Crippen LogP contribution >= 0.6 is 0 Å². The van der Waals surface area contributed by atoms with E-state index in [0.29, 0.717) is 4.59 Å². The van der Waals surface area contributed by atoms with Gasteiger partial charge in [-0.15, -0.1) is 0 Å². The molecule has 0 aromatic heterocycles. The van der Waals surface area contributed by atoms with Crippen LogP contribution < -0.4 is 0 Å². The molecule has 2 nitrogen and oxygen atoms in total. The third-order valence-corrected chi connectivity index (χ3v) is 0.424. The largest absolute Gasteiger partial charge is 0.206 e. The second kappa shape index (κ2) is 1.39. The van der Waals surface area contributed by atoms with Gasteiger partial charge in [0.1, 0.15) is 0 Å². The molecule has 0 atom stereocenters. The van der Waals surface area contributed by atoms with Crippen LogP contribution in [0.1, 0.15) is 0 Å². The van der Waals surface area contributed by atoms with Crippen molar-refractivity contribution < 1.29 is 4.59 Å². The normalized spacial score (nSPS) is 11.2. The van der Waals surface area contributed by atoms with Crippen molar-refractivity contribution in [3.63, 3.8) is 0 Å². The fraction of sp³-hybridized carbons (Fsp3) is 0.750. The van der Waals surface area contributed by atoms with Crippen molar-refractivity contribution in [2.45, 2.75) is 0 Å². The van der Waals surface area contributed by atoms with Gasteiger partial charge in [0, 0.05) is 6.72 Å². The van der Waals surface area contributed by atoms with E-state index in [9.17, 15) is 0 Å². The summed E-state index contributed by atoms with van der Waals surface area (Å²) in [5.74, 6) is 0. The van der Waals surface area contributed by atoms with Gasteiger partial charge in [-0.25, -0.2) is 4.59 Å². The lowest BCUT2D eigenvalue weighted by atomic mass is 10.9. The lowest BCUT2D eigenvalue weighted by Crippen LogP contribution is -2.26. The summed E-state index contributed by atoms with van der Waals surface area (Å²) >= 11 is 0. The van der Waals surface area contributed by atoms with Crippen LogP contribution in [0.4, 0.5) is 0 Å². The Kier molecular flexibility index (Phi) is 1.30. The maximum Gasteiger partial charge on any atom is 0.0923 e. The zero-order chi connectivity index (χ0) is 5.21. The molecule has 0 aliphatic carbocycles. The summed E-state index contributed by atoms with van der Waals surface area (Å²) in [5, 5.41) is 3.71. The second-order valence-corrected chi connectivity index (χ2v) is 2.08. The van der Waals surface area contributed by atoms with E-state index in [2.05, 4.69) is 11.8 Å². The van der Waals surface area contributed by atoms with Crippen LogP contribution in [0.15, 0.2) is 5.10 Å². The lowest BCUT2D eigenvalue weighted by molar-refractivity contribution is -0.876. The van der Waals surface area contributed by atoms with Gasteiger partial charge in [0.25, 0.3) is 0 Å². The third-order valence-electron chi connectivity index (χ3n) is 0.424. The molecule has 0 heterocycles. The van der Waals surface area contributed by atoms with Gasteiger partial charge in [-0.2, -0.15) is 0 Å². The van der Waals surface area contributed by atoms with Crippen LogP contribution in [0.25, 0.3) is 0 Å². The van der Waals surface area contributed by atoms with E-state index >= 15 is 0 Å². The molecule has 36 valence electrons. The quantitative estimate of drug-likeness (QED) is 0.248. The van der Waals surface area contributed by atoms with Crippen molar-refractivity contribution in [1.29, 1.82) is 0 Å². The monoisotopic (exact) mass is 87.1 g/mol. The maximum absolute atomic E-state index is 3.71. The molecule has 2 heteroatoms. The molecule has 0 radical (unpaired) electrons. The molecule has 0 aliphatic heterocycles. The number of hydrogen-bond donors (Lipinski definition) is 0. The standard InChI is InChI=1S/C4H11N2/c1-5-6(2,3)4/h1H2,2-4H3/q+1. The molecule has 0 spiro atoms. The molecule has 6 heavy (non-hydrogen) atoms. The van der Waals surface area contributed by atoms with Gasteiger partial charge >= 0.3 is 0 Å². The highest BCUT2D eigenvalue weighted by Crippen LogP contribution is 1.84. The first-order valence-electron chi connectivity index (χ1n) is 1.86. The summed E-state index contributed by atoms with van der Waals surface area (Å²) in [4.78, 5) is 0. The predicted octanol–water partition coefficient (Wildman–Crippen LogP) is 0.308. The van der Waals surface area contributed by atoms with Crippen LogP contribution in [0.2, 0.25) is 0 Å². The van der Waals surface area contributed by atoms with Gasteiger partial charge in [0.05, 0.1) is 21.1 Å². The topological polar surface area (TPSA) is 12.4 Å². The predicted molar refractivity (Wildman–Crippen MR) is 27.6 cm³/mol. The van der Waals surface area contributed by atoms with E-state index in [0.717, 1.165) is 0 Å². The Morgan fingerprint density at radius 3 is 1.50 bits per heavy atom. The summed E-state index contributed by atoms with van der Waals surface area (Å²) < 4.78 is 0.583. The Morgan fingerprint density at radius 2 is 1.50 bits per heavy atom. The minimum atomic E-state index is 0.583. The van der Waals surface area contributed by atoms with E-state index < -0.39 is 0 Å². The molecule has 0 aromatic rings. The maximum atomic E-state index is 3.71. The van der Waals surface area contributed by atoms with Crippen LogP contribution in [0.3, 0.4) is 0 Å². The summed E-state index contributed by atoms with van der Waals surface area (Å²) in [5.41, 5.74) is 0. The van der Waals surface area contributed by atoms with Crippen molar-refractivity contribution in [3.8, 4) is 0 Å². The smallest absolute Gasteiger partial charge is 0.0923 e. The Balaban J connectivity index is 3.45. The fourth-order valence-electron chi connectivity index (χ4n) is 0. The van der Waals surface area contributed by atoms with E-state index in [4.69, 9.17) is 0 Å². The van der Waals surface area contributed by atoms with Gasteiger partial charge in [0.2, 0.25) is 0 Å². The van der Waals surface area contributed by atoms with E-state index in [1.807, 2.05) is 21.1 Å².